The van der Waals surface area contributed by atoms with Crippen molar-refractivity contribution >= 4 is 12.1 Å². The first-order chi connectivity index (χ1) is 21.1. The highest BCUT2D eigenvalue weighted by Gasteiger charge is 2.61. The van der Waals surface area contributed by atoms with Crippen LogP contribution in [-0.2, 0) is 16.1 Å². The van der Waals surface area contributed by atoms with E-state index >= 15 is 0 Å². The monoisotopic (exact) mass is 608 g/mol. The van der Waals surface area contributed by atoms with Crippen LogP contribution in [0.25, 0.3) is 0 Å². The predicted molar refractivity (Wildman–Crippen MR) is 176 cm³/mol. The number of aliphatic carboxylic acids is 1. The van der Waals surface area contributed by atoms with Gasteiger partial charge in [0.2, 0.25) is 0 Å². The van der Waals surface area contributed by atoms with E-state index in [9.17, 15) is 14.7 Å². The molecular weight excluding hydrogens is 548 g/mol. The number of hydrogen-bond acceptors (Lipinski definition) is 4. The first-order valence-corrected chi connectivity index (χ1v) is 18.1. The summed E-state index contributed by atoms with van der Waals surface area (Å²) in [6, 6.07) is 8.68. The zero-order chi connectivity index (χ0) is 31.5. The molecule has 4 aliphatic carbocycles. The molecule has 4 fully saturated rings. The average molecular weight is 609 g/mol. The van der Waals surface area contributed by atoms with E-state index in [2.05, 4.69) is 27.7 Å². The summed E-state index contributed by atoms with van der Waals surface area (Å²) in [5.41, 5.74) is 7.42. The molecule has 0 saturated heterocycles. The fourth-order valence-corrected chi connectivity index (χ4v) is 11.3. The van der Waals surface area contributed by atoms with Gasteiger partial charge in [0, 0.05) is 6.04 Å². The molecule has 5 rings (SSSR count). The van der Waals surface area contributed by atoms with Crippen molar-refractivity contribution in [2.24, 2.45) is 52.1 Å². The lowest BCUT2D eigenvalue weighted by atomic mass is 9.44. The molecule has 0 heterocycles. The highest BCUT2D eigenvalue weighted by atomic mass is 16.6. The number of carbonyl (C=O) groups is 2. The maximum absolute atomic E-state index is 13.8. The van der Waals surface area contributed by atoms with Crippen LogP contribution in [0.1, 0.15) is 123 Å². The first kappa shape index (κ1) is 33.3. The summed E-state index contributed by atoms with van der Waals surface area (Å²) in [4.78, 5) is 28.1. The molecule has 0 radical (unpaired) electrons. The second kappa shape index (κ2) is 14.1. The molecule has 246 valence electrons. The van der Waals surface area contributed by atoms with Crippen LogP contribution < -0.4 is 5.73 Å². The number of benzene rings is 1. The Balaban J connectivity index is 1.32. The molecule has 1 aromatic rings. The Labute approximate surface area is 266 Å². The van der Waals surface area contributed by atoms with Crippen LogP contribution in [0, 0.1) is 46.3 Å². The third kappa shape index (κ3) is 6.44. The van der Waals surface area contributed by atoms with Gasteiger partial charge in [-0.1, -0.05) is 70.9 Å². The number of fused-ring (bicyclic) bond motifs is 5. The van der Waals surface area contributed by atoms with Crippen molar-refractivity contribution in [2.75, 3.05) is 6.54 Å². The Morgan fingerprint density at radius 3 is 2.41 bits per heavy atom. The van der Waals surface area contributed by atoms with Crippen LogP contribution in [0.5, 0.6) is 0 Å². The second-order valence-corrected chi connectivity index (χ2v) is 15.7. The minimum atomic E-state index is -0.935. The fourth-order valence-electron chi connectivity index (χ4n) is 11.3. The van der Waals surface area contributed by atoms with E-state index in [4.69, 9.17) is 10.5 Å². The Hall–Kier alpha value is -2.08. The highest BCUT2D eigenvalue weighted by molar-refractivity contribution is 5.80. The van der Waals surface area contributed by atoms with Crippen LogP contribution >= 0.6 is 0 Å². The molecule has 6 nitrogen and oxygen atoms in total. The minimum absolute atomic E-state index is 0.105. The van der Waals surface area contributed by atoms with E-state index in [1.54, 1.807) is 4.90 Å². The van der Waals surface area contributed by atoms with E-state index in [0.717, 1.165) is 60.8 Å². The fraction of sp³-hybridized carbons (Fsp3) is 0.789. The quantitative estimate of drug-likeness (QED) is 0.232. The number of unbranched alkanes of at least 4 members (excludes halogenated alkanes) is 1. The minimum Gasteiger partial charge on any atom is -0.480 e. The third-order valence-electron chi connectivity index (χ3n) is 13.5. The van der Waals surface area contributed by atoms with Gasteiger partial charge in [-0.15, -0.1) is 0 Å². The molecule has 5 unspecified atom stereocenters. The van der Waals surface area contributed by atoms with Crippen molar-refractivity contribution in [3.05, 3.63) is 35.9 Å². The number of nitrogens with zero attached hydrogens (tertiary/aromatic N) is 1. The zero-order valence-electron chi connectivity index (χ0n) is 28.0. The van der Waals surface area contributed by atoms with Gasteiger partial charge in [0.05, 0.1) is 0 Å². The van der Waals surface area contributed by atoms with Crippen LogP contribution in [0.4, 0.5) is 4.79 Å². The number of carboxylic acid groups (broad SMARTS) is 1. The van der Waals surface area contributed by atoms with Gasteiger partial charge >= 0.3 is 12.1 Å². The normalized spacial score (nSPS) is 35.9. The van der Waals surface area contributed by atoms with Crippen LogP contribution in [0.3, 0.4) is 0 Å². The van der Waals surface area contributed by atoms with Crippen molar-refractivity contribution in [3.63, 3.8) is 0 Å². The molecule has 0 spiro atoms. The SMILES string of the molecule is CCC[C@@H](C)[C@H]1CCC2C3CCC4CC(N(C(=O)OCc5ccccc5)[C@@H](CCCCN)C(=O)O)CC[C@]4(C)C3CC[C@@]21C. The van der Waals surface area contributed by atoms with E-state index in [-0.39, 0.29) is 18.1 Å². The number of hydrogen-bond donors (Lipinski definition) is 2. The molecule has 1 amide bonds. The van der Waals surface area contributed by atoms with E-state index in [1.807, 2.05) is 30.3 Å². The number of amides is 1. The summed E-state index contributed by atoms with van der Waals surface area (Å²) in [6.07, 6.45) is 14.8. The largest absolute Gasteiger partial charge is 0.480 e. The third-order valence-corrected chi connectivity index (χ3v) is 13.5. The lowest BCUT2D eigenvalue weighted by Crippen LogP contribution is -2.58. The highest BCUT2D eigenvalue weighted by Crippen LogP contribution is 2.68. The van der Waals surface area contributed by atoms with Crippen molar-refractivity contribution in [3.8, 4) is 0 Å². The predicted octanol–water partition coefficient (Wildman–Crippen LogP) is 8.67. The van der Waals surface area contributed by atoms with Gasteiger partial charge in [-0.05, 0) is 135 Å². The van der Waals surface area contributed by atoms with E-state index in [1.165, 1.54) is 51.4 Å². The summed E-state index contributed by atoms with van der Waals surface area (Å²) in [6.45, 7) is 10.7. The number of carboxylic acids is 1. The lowest BCUT2D eigenvalue weighted by molar-refractivity contribution is -0.147. The Bertz CT molecular complexity index is 1110. The van der Waals surface area contributed by atoms with Gasteiger partial charge in [-0.3, -0.25) is 4.90 Å². The van der Waals surface area contributed by atoms with Gasteiger partial charge in [0.1, 0.15) is 12.6 Å². The van der Waals surface area contributed by atoms with Crippen LogP contribution in [0.15, 0.2) is 30.3 Å². The lowest BCUT2D eigenvalue weighted by Gasteiger charge is -2.62. The molecule has 44 heavy (non-hydrogen) atoms. The number of nitrogens with two attached hydrogens (primary N) is 1. The number of rotatable bonds is 12. The molecule has 0 bridgehead atoms. The van der Waals surface area contributed by atoms with Crippen molar-refractivity contribution in [1.29, 1.82) is 0 Å². The van der Waals surface area contributed by atoms with Crippen molar-refractivity contribution in [1.82, 2.24) is 4.90 Å². The molecule has 0 aliphatic heterocycles. The molecule has 1 aromatic carbocycles. The number of ether oxygens (including phenoxy) is 1. The Kier molecular flexibility index (Phi) is 10.7. The van der Waals surface area contributed by atoms with E-state index < -0.39 is 18.1 Å². The summed E-state index contributed by atoms with van der Waals surface area (Å²) in [5, 5.41) is 10.4. The zero-order valence-corrected chi connectivity index (χ0v) is 28.0. The molecule has 4 saturated carbocycles. The van der Waals surface area contributed by atoms with Crippen LogP contribution in [-0.4, -0.2) is 40.7 Å². The van der Waals surface area contributed by atoms with Gasteiger partial charge in [0.15, 0.2) is 0 Å². The van der Waals surface area contributed by atoms with Gasteiger partial charge < -0.3 is 15.6 Å². The summed E-state index contributed by atoms with van der Waals surface area (Å²) >= 11 is 0. The molecular formula is C38H60N2O4. The van der Waals surface area contributed by atoms with Crippen molar-refractivity contribution in [2.45, 2.75) is 136 Å². The Morgan fingerprint density at radius 2 is 1.70 bits per heavy atom. The first-order valence-electron chi connectivity index (χ1n) is 18.1. The van der Waals surface area contributed by atoms with Crippen molar-refractivity contribution < 1.29 is 19.4 Å². The summed E-state index contributed by atoms with van der Waals surface area (Å²) in [5.74, 6) is 3.70. The molecule has 6 heteroatoms. The molecule has 10 atom stereocenters. The summed E-state index contributed by atoms with van der Waals surface area (Å²) < 4.78 is 5.83. The van der Waals surface area contributed by atoms with Crippen LogP contribution in [0.2, 0.25) is 0 Å². The maximum Gasteiger partial charge on any atom is 0.411 e. The topological polar surface area (TPSA) is 92.9 Å². The smallest absolute Gasteiger partial charge is 0.411 e. The Morgan fingerprint density at radius 1 is 0.977 bits per heavy atom. The standard InChI is InChI=1S/C38H60N2O4/c1-5-11-26(2)31-17-18-32-30-16-15-28-24-29(19-21-37(28,3)33(30)20-22-38(31,32)4)40(34(35(41)42)14-9-10-23-39)36(43)44-25-27-12-7-6-8-13-27/h6-8,12-13,26,28-34H,5,9-11,14-25,39H2,1-4H3,(H,41,42)/t26-,28?,29?,30?,31-,32?,33?,34+,37+,38-/m1/s1. The summed E-state index contributed by atoms with van der Waals surface area (Å²) in [7, 11) is 0. The van der Waals surface area contributed by atoms with Gasteiger partial charge in [-0.2, -0.15) is 0 Å². The average Bonchev–Trinajstić information content (AvgIpc) is 3.37. The molecule has 0 aromatic heterocycles. The second-order valence-electron chi connectivity index (χ2n) is 15.7. The van der Waals surface area contributed by atoms with Gasteiger partial charge in [-0.25, -0.2) is 9.59 Å². The maximum atomic E-state index is 13.8. The van der Waals surface area contributed by atoms with Gasteiger partial charge in [0.25, 0.3) is 0 Å². The van der Waals surface area contributed by atoms with E-state index in [0.29, 0.717) is 30.7 Å². The molecule has 3 N–H and O–H groups in total. The number of carbonyl (C=O) groups excluding carboxylic acids is 1. The molecule has 4 aliphatic rings.